The van der Waals surface area contributed by atoms with E-state index >= 15 is 0 Å². The maximum Gasteiger partial charge on any atom is 0.253 e. The molecule has 0 saturated carbocycles. The van der Waals surface area contributed by atoms with Gasteiger partial charge in [-0.05, 0) is 23.6 Å². The van der Waals surface area contributed by atoms with E-state index in [2.05, 4.69) is 20.3 Å². The van der Waals surface area contributed by atoms with E-state index in [-0.39, 0.29) is 11.7 Å². The zero-order valence-electron chi connectivity index (χ0n) is 9.22. The summed E-state index contributed by atoms with van der Waals surface area (Å²) < 4.78 is 27.5. The van der Waals surface area contributed by atoms with Crippen LogP contribution in [0.5, 0.6) is 0 Å². The second-order valence-corrected chi connectivity index (χ2v) is 6.56. The van der Waals surface area contributed by atoms with Gasteiger partial charge >= 0.3 is 0 Å². The van der Waals surface area contributed by atoms with Crippen LogP contribution < -0.4 is 0 Å². The molecule has 1 aromatic rings. The van der Waals surface area contributed by atoms with Gasteiger partial charge in [-0.15, -0.1) is 0 Å². The third-order valence-corrected chi connectivity index (χ3v) is 3.76. The molecule has 0 aromatic heterocycles. The molecule has 0 fully saturated rings. The summed E-state index contributed by atoms with van der Waals surface area (Å²) in [7, 11) is -3.34. The first-order valence-electron chi connectivity index (χ1n) is 4.92. The molecule has 0 unspecified atom stereocenters. The molecule has 1 aromatic carbocycles. The van der Waals surface area contributed by atoms with E-state index in [1.165, 1.54) is 6.21 Å². The van der Waals surface area contributed by atoms with Crippen molar-refractivity contribution < 1.29 is 8.42 Å². The van der Waals surface area contributed by atoms with E-state index in [1.54, 1.807) is 6.07 Å². The molecule has 3 nitrogen and oxygen atoms in total. The quantitative estimate of drug-likeness (QED) is 0.803. The lowest BCUT2D eigenvalue weighted by Gasteiger charge is -2.01. The summed E-state index contributed by atoms with van der Waals surface area (Å²) in [5.41, 5.74) is 0.765. The summed E-state index contributed by atoms with van der Waals surface area (Å²) in [6, 6.07) is 7.33. The number of hydrogen-bond acceptors (Lipinski definition) is 2. The molecular formula is C11H14BrNO2S. The number of halogens is 1. The Morgan fingerprint density at radius 1 is 1.44 bits per heavy atom. The van der Waals surface area contributed by atoms with Crippen LogP contribution in [0, 0.1) is 5.92 Å². The molecule has 0 aliphatic carbocycles. The monoisotopic (exact) mass is 303 g/mol. The van der Waals surface area contributed by atoms with Gasteiger partial charge in [-0.25, -0.2) is 8.42 Å². The summed E-state index contributed by atoms with van der Waals surface area (Å²) in [5.74, 6) is 0.169. The molecule has 16 heavy (non-hydrogen) atoms. The predicted octanol–water partition coefficient (Wildman–Crippen LogP) is 2.85. The lowest BCUT2D eigenvalue weighted by molar-refractivity contribution is 0.584. The zero-order valence-corrected chi connectivity index (χ0v) is 11.6. The average Bonchev–Trinajstić information content (AvgIpc) is 2.13. The molecule has 0 N–H and O–H groups in total. The molecule has 5 heteroatoms. The van der Waals surface area contributed by atoms with Crippen molar-refractivity contribution in [1.29, 1.82) is 0 Å². The van der Waals surface area contributed by atoms with Crippen molar-refractivity contribution in [2.24, 2.45) is 10.3 Å². The van der Waals surface area contributed by atoms with Crippen LogP contribution in [0.2, 0.25) is 0 Å². The van der Waals surface area contributed by atoms with Gasteiger partial charge in [-0.3, -0.25) is 0 Å². The highest BCUT2D eigenvalue weighted by atomic mass is 79.9. The largest absolute Gasteiger partial charge is 0.253 e. The Bertz CT molecular complexity index is 481. The van der Waals surface area contributed by atoms with E-state index < -0.39 is 10.0 Å². The minimum atomic E-state index is -3.34. The van der Waals surface area contributed by atoms with Crippen LogP contribution >= 0.6 is 15.9 Å². The first-order valence-corrected chi connectivity index (χ1v) is 7.33. The normalized spacial score (nSPS) is 12.5. The van der Waals surface area contributed by atoms with Crippen LogP contribution in [0.3, 0.4) is 0 Å². The van der Waals surface area contributed by atoms with E-state index in [4.69, 9.17) is 0 Å². The molecule has 0 spiro atoms. The van der Waals surface area contributed by atoms with Crippen LogP contribution in [0.25, 0.3) is 0 Å². The third kappa shape index (κ3) is 4.90. The Hall–Kier alpha value is -0.680. The van der Waals surface area contributed by atoms with Crippen molar-refractivity contribution in [3.8, 4) is 0 Å². The van der Waals surface area contributed by atoms with Gasteiger partial charge in [0.05, 0.1) is 5.75 Å². The van der Waals surface area contributed by atoms with Crippen LogP contribution in [0.4, 0.5) is 0 Å². The minimum absolute atomic E-state index is 0.0809. The molecule has 0 aliphatic heterocycles. The Kier molecular flexibility index (Phi) is 4.68. The van der Waals surface area contributed by atoms with Gasteiger partial charge in [-0.1, -0.05) is 41.9 Å². The van der Waals surface area contributed by atoms with Crippen LogP contribution in [-0.2, 0) is 10.0 Å². The van der Waals surface area contributed by atoms with Gasteiger partial charge in [0.25, 0.3) is 10.0 Å². The summed E-state index contributed by atoms with van der Waals surface area (Å²) in [5, 5.41) is 0. The summed E-state index contributed by atoms with van der Waals surface area (Å²) in [6.45, 7) is 3.71. The second kappa shape index (κ2) is 5.59. The van der Waals surface area contributed by atoms with Gasteiger partial charge in [0.15, 0.2) is 0 Å². The van der Waals surface area contributed by atoms with Crippen LogP contribution in [0.15, 0.2) is 33.1 Å². The number of nitrogens with zero attached hydrogens (tertiary/aromatic N) is 1. The van der Waals surface area contributed by atoms with Gasteiger partial charge < -0.3 is 0 Å². The standard InChI is InChI=1S/C11H14BrNO2S/c1-9(2)8-16(14,15)13-7-10-4-3-5-11(12)6-10/h3-7,9H,8H2,1-2H3. The lowest BCUT2D eigenvalue weighted by atomic mass is 10.2. The van der Waals surface area contributed by atoms with E-state index in [9.17, 15) is 8.42 Å². The highest BCUT2D eigenvalue weighted by Crippen LogP contribution is 2.10. The fourth-order valence-electron chi connectivity index (χ4n) is 1.19. The van der Waals surface area contributed by atoms with Crippen molar-refractivity contribution in [3.05, 3.63) is 34.3 Å². The topological polar surface area (TPSA) is 46.5 Å². The minimum Gasteiger partial charge on any atom is -0.205 e. The van der Waals surface area contributed by atoms with E-state index in [1.807, 2.05) is 32.0 Å². The van der Waals surface area contributed by atoms with Gasteiger partial charge in [0.1, 0.15) is 0 Å². The van der Waals surface area contributed by atoms with E-state index in [0.717, 1.165) is 10.0 Å². The van der Waals surface area contributed by atoms with Crippen LogP contribution in [0.1, 0.15) is 19.4 Å². The first-order chi connectivity index (χ1) is 7.39. The van der Waals surface area contributed by atoms with Crippen molar-refractivity contribution >= 4 is 32.2 Å². The summed E-state index contributed by atoms with van der Waals surface area (Å²) >= 11 is 3.31. The highest BCUT2D eigenvalue weighted by molar-refractivity contribution is 9.10. The van der Waals surface area contributed by atoms with E-state index in [0.29, 0.717) is 0 Å². The molecule has 0 atom stereocenters. The molecule has 0 aliphatic rings. The molecule has 0 bridgehead atoms. The van der Waals surface area contributed by atoms with Crippen molar-refractivity contribution in [2.45, 2.75) is 13.8 Å². The maximum atomic E-state index is 11.5. The Balaban J connectivity index is 2.81. The number of rotatable bonds is 4. The SMILES string of the molecule is CC(C)CS(=O)(=O)N=Cc1cccc(Br)c1. The van der Waals surface area contributed by atoms with Gasteiger partial charge in [0.2, 0.25) is 0 Å². The average molecular weight is 304 g/mol. The Labute approximate surface area is 105 Å². The number of hydrogen-bond donors (Lipinski definition) is 0. The third-order valence-electron chi connectivity index (χ3n) is 1.76. The van der Waals surface area contributed by atoms with Crippen molar-refractivity contribution in [3.63, 3.8) is 0 Å². The fraction of sp³-hybridized carbons (Fsp3) is 0.364. The molecule has 0 amide bonds. The van der Waals surface area contributed by atoms with Gasteiger partial charge in [-0.2, -0.15) is 4.40 Å². The predicted molar refractivity (Wildman–Crippen MR) is 70.4 cm³/mol. The Morgan fingerprint density at radius 2 is 2.12 bits per heavy atom. The van der Waals surface area contributed by atoms with Crippen molar-refractivity contribution in [1.82, 2.24) is 0 Å². The molecule has 0 saturated heterocycles. The zero-order chi connectivity index (χ0) is 12.2. The molecule has 88 valence electrons. The smallest absolute Gasteiger partial charge is 0.205 e. The molecular weight excluding hydrogens is 290 g/mol. The number of benzene rings is 1. The fourth-order valence-corrected chi connectivity index (χ4v) is 2.82. The molecule has 1 rings (SSSR count). The summed E-state index contributed by atoms with van der Waals surface area (Å²) in [4.78, 5) is 0. The Morgan fingerprint density at radius 3 is 2.69 bits per heavy atom. The highest BCUT2D eigenvalue weighted by Gasteiger charge is 2.09. The molecule has 0 heterocycles. The second-order valence-electron chi connectivity index (χ2n) is 3.93. The maximum absolute atomic E-state index is 11.5. The first kappa shape index (κ1) is 13.4. The number of sulfonamides is 1. The van der Waals surface area contributed by atoms with Gasteiger partial charge in [0, 0.05) is 10.7 Å². The summed E-state index contributed by atoms with van der Waals surface area (Å²) in [6.07, 6.45) is 1.38. The molecule has 0 radical (unpaired) electrons. The lowest BCUT2D eigenvalue weighted by Crippen LogP contribution is -2.08. The van der Waals surface area contributed by atoms with Crippen LogP contribution in [-0.4, -0.2) is 20.4 Å². The van der Waals surface area contributed by atoms with Crippen molar-refractivity contribution in [2.75, 3.05) is 5.75 Å².